The molecule has 0 aromatic heterocycles. The number of amides is 1. The lowest BCUT2D eigenvalue weighted by molar-refractivity contribution is 0.0955. The highest BCUT2D eigenvalue weighted by molar-refractivity contribution is 7.89. The monoisotopic (exact) mass is 481 g/mol. The summed E-state index contributed by atoms with van der Waals surface area (Å²) in [6, 6.07) is 19.7. The van der Waals surface area contributed by atoms with E-state index < -0.39 is 15.9 Å². The number of carbonyl (C=O) groups is 1. The van der Waals surface area contributed by atoms with Crippen LogP contribution in [0.5, 0.6) is 0 Å². The first-order valence-corrected chi connectivity index (χ1v) is 12.2. The van der Waals surface area contributed by atoms with Crippen molar-refractivity contribution in [2.75, 3.05) is 36.0 Å². The number of carbonyl (C=O) groups excluding carboxylic acids is 1. The van der Waals surface area contributed by atoms with E-state index in [4.69, 9.17) is 5.14 Å². The van der Waals surface area contributed by atoms with E-state index >= 15 is 0 Å². The molecule has 0 unspecified atom stereocenters. The number of anilines is 2. The molecule has 10 heteroatoms. The van der Waals surface area contributed by atoms with Gasteiger partial charge in [0.25, 0.3) is 5.91 Å². The lowest BCUT2D eigenvalue weighted by atomic mass is 10.2. The first kappa shape index (κ1) is 23.4. The molecule has 0 aliphatic carbocycles. The van der Waals surface area contributed by atoms with Crippen LogP contribution in [0.3, 0.4) is 0 Å². The lowest BCUT2D eigenvalue weighted by Gasteiger charge is -2.37. The predicted octanol–water partition coefficient (Wildman–Crippen LogP) is 2.56. The highest BCUT2D eigenvalue weighted by Crippen LogP contribution is 2.21. The van der Waals surface area contributed by atoms with Crippen LogP contribution in [0.2, 0.25) is 0 Å². The van der Waals surface area contributed by atoms with E-state index in [0.717, 1.165) is 43.1 Å². The van der Waals surface area contributed by atoms with Gasteiger partial charge >= 0.3 is 0 Å². The molecule has 0 atom stereocenters. The summed E-state index contributed by atoms with van der Waals surface area (Å²) in [6.45, 7) is 3.40. The summed E-state index contributed by atoms with van der Waals surface area (Å²) in [7, 11) is -3.81. The highest BCUT2D eigenvalue weighted by atomic mass is 32.2. The molecule has 3 aromatic carbocycles. The summed E-state index contributed by atoms with van der Waals surface area (Å²) >= 11 is 0. The Kier molecular flexibility index (Phi) is 6.90. The van der Waals surface area contributed by atoms with Crippen LogP contribution in [-0.4, -0.2) is 46.7 Å². The summed E-state index contributed by atoms with van der Waals surface area (Å²) in [6.07, 6.45) is 1.53. The van der Waals surface area contributed by atoms with Crippen molar-refractivity contribution in [2.45, 2.75) is 4.90 Å². The fraction of sp³-hybridized carbons (Fsp3) is 0.167. The molecule has 1 aliphatic rings. The van der Waals surface area contributed by atoms with Crippen LogP contribution in [0.1, 0.15) is 15.9 Å². The van der Waals surface area contributed by atoms with E-state index in [1.165, 1.54) is 42.6 Å². The Morgan fingerprint density at radius 2 is 1.35 bits per heavy atom. The number of benzene rings is 3. The van der Waals surface area contributed by atoms with Crippen molar-refractivity contribution in [1.82, 2.24) is 5.43 Å². The van der Waals surface area contributed by atoms with Gasteiger partial charge in [-0.05, 0) is 66.2 Å². The van der Waals surface area contributed by atoms with Gasteiger partial charge in [-0.25, -0.2) is 23.4 Å². The predicted molar refractivity (Wildman–Crippen MR) is 130 cm³/mol. The Hall–Kier alpha value is -3.76. The molecule has 0 saturated carbocycles. The number of piperazine rings is 1. The van der Waals surface area contributed by atoms with Crippen molar-refractivity contribution in [1.29, 1.82) is 0 Å². The van der Waals surface area contributed by atoms with Crippen LogP contribution in [-0.2, 0) is 10.0 Å². The molecule has 3 aromatic rings. The summed E-state index contributed by atoms with van der Waals surface area (Å²) in [5, 5.41) is 9.02. The third-order valence-electron chi connectivity index (χ3n) is 5.55. The largest absolute Gasteiger partial charge is 0.368 e. The smallest absolute Gasteiger partial charge is 0.271 e. The standard InChI is InChI=1S/C24H24FN5O3S/c25-20-5-9-22(10-6-20)30-15-13-29(14-16-30)21-7-1-18(2-8-21)17-27-28-24(31)19-3-11-23(12-4-19)34(26,32)33/h1-12,17H,13-16H2,(H,28,31)(H2,26,32,33)/b27-17+. The van der Waals surface area contributed by atoms with Crippen LogP contribution in [0.4, 0.5) is 15.8 Å². The molecule has 8 nitrogen and oxygen atoms in total. The van der Waals surface area contributed by atoms with Gasteiger partial charge in [0, 0.05) is 43.1 Å². The Bertz CT molecular complexity index is 1270. The molecule has 34 heavy (non-hydrogen) atoms. The maximum Gasteiger partial charge on any atom is 0.271 e. The van der Waals surface area contributed by atoms with Crippen LogP contribution in [0, 0.1) is 5.82 Å². The number of halogens is 1. The van der Waals surface area contributed by atoms with Gasteiger partial charge in [0.2, 0.25) is 10.0 Å². The first-order chi connectivity index (χ1) is 16.3. The lowest BCUT2D eigenvalue weighted by Crippen LogP contribution is -2.46. The normalized spacial score (nSPS) is 14.4. The van der Waals surface area contributed by atoms with E-state index in [1.807, 2.05) is 24.3 Å². The summed E-state index contributed by atoms with van der Waals surface area (Å²) < 4.78 is 35.7. The van der Waals surface area contributed by atoms with E-state index in [2.05, 4.69) is 20.3 Å². The Balaban J connectivity index is 1.29. The van der Waals surface area contributed by atoms with Crippen molar-refractivity contribution in [3.8, 4) is 0 Å². The molecule has 1 amide bonds. The molecule has 1 aliphatic heterocycles. The van der Waals surface area contributed by atoms with Crippen molar-refractivity contribution in [3.05, 3.63) is 89.7 Å². The summed E-state index contributed by atoms with van der Waals surface area (Å²) in [4.78, 5) is 16.6. The van der Waals surface area contributed by atoms with Crippen LogP contribution >= 0.6 is 0 Å². The number of hydrogen-bond donors (Lipinski definition) is 2. The van der Waals surface area contributed by atoms with Crippen LogP contribution < -0.4 is 20.4 Å². The minimum Gasteiger partial charge on any atom is -0.368 e. The second-order valence-electron chi connectivity index (χ2n) is 7.81. The van der Waals surface area contributed by atoms with Crippen molar-refractivity contribution in [3.63, 3.8) is 0 Å². The molecule has 0 bridgehead atoms. The maximum atomic E-state index is 13.1. The molecular weight excluding hydrogens is 457 g/mol. The number of hydrazone groups is 1. The van der Waals surface area contributed by atoms with Crippen molar-refractivity contribution in [2.24, 2.45) is 10.2 Å². The minimum atomic E-state index is -3.81. The molecule has 1 saturated heterocycles. The SMILES string of the molecule is NS(=O)(=O)c1ccc(C(=O)N/N=C/c2ccc(N3CCN(c4ccc(F)cc4)CC3)cc2)cc1. The number of primary sulfonamides is 1. The number of rotatable bonds is 6. The van der Waals surface area contributed by atoms with Gasteiger partial charge in [-0.15, -0.1) is 0 Å². The van der Waals surface area contributed by atoms with Gasteiger partial charge in [0.05, 0.1) is 11.1 Å². The van der Waals surface area contributed by atoms with Gasteiger partial charge in [-0.1, -0.05) is 12.1 Å². The topological polar surface area (TPSA) is 108 Å². The molecule has 1 heterocycles. The van der Waals surface area contributed by atoms with E-state index in [1.54, 1.807) is 12.1 Å². The van der Waals surface area contributed by atoms with E-state index in [9.17, 15) is 17.6 Å². The zero-order valence-corrected chi connectivity index (χ0v) is 19.1. The van der Waals surface area contributed by atoms with Crippen LogP contribution in [0.25, 0.3) is 0 Å². The van der Waals surface area contributed by atoms with Gasteiger partial charge in [-0.3, -0.25) is 4.79 Å². The summed E-state index contributed by atoms with van der Waals surface area (Å²) in [5.74, 6) is -0.697. The van der Waals surface area contributed by atoms with E-state index in [-0.39, 0.29) is 16.3 Å². The Morgan fingerprint density at radius 3 is 1.85 bits per heavy atom. The number of nitrogens with zero attached hydrogens (tertiary/aromatic N) is 3. The van der Waals surface area contributed by atoms with Gasteiger partial charge in [0.1, 0.15) is 5.82 Å². The highest BCUT2D eigenvalue weighted by Gasteiger charge is 2.17. The summed E-state index contributed by atoms with van der Waals surface area (Å²) in [5.41, 5.74) is 5.62. The van der Waals surface area contributed by atoms with E-state index in [0.29, 0.717) is 0 Å². The number of hydrogen-bond acceptors (Lipinski definition) is 6. The minimum absolute atomic E-state index is 0.0653. The third kappa shape index (κ3) is 5.77. The average Bonchev–Trinajstić information content (AvgIpc) is 2.85. The molecule has 176 valence electrons. The van der Waals surface area contributed by atoms with Crippen molar-refractivity contribution < 1.29 is 17.6 Å². The molecule has 4 rings (SSSR count). The molecular formula is C24H24FN5O3S. The van der Waals surface area contributed by atoms with Crippen LogP contribution in [0.15, 0.2) is 82.8 Å². The number of nitrogens with two attached hydrogens (primary N) is 1. The second kappa shape index (κ2) is 10.0. The number of nitrogens with one attached hydrogen (secondary N) is 1. The first-order valence-electron chi connectivity index (χ1n) is 10.6. The fourth-order valence-electron chi connectivity index (χ4n) is 3.67. The zero-order chi connectivity index (χ0) is 24.1. The molecule has 3 N–H and O–H groups in total. The zero-order valence-electron chi connectivity index (χ0n) is 18.3. The number of sulfonamides is 1. The molecule has 1 fully saturated rings. The second-order valence-corrected chi connectivity index (χ2v) is 9.37. The Morgan fingerprint density at radius 1 is 0.853 bits per heavy atom. The average molecular weight is 482 g/mol. The van der Waals surface area contributed by atoms with Gasteiger partial charge in [-0.2, -0.15) is 5.10 Å². The quantitative estimate of drug-likeness (QED) is 0.416. The van der Waals surface area contributed by atoms with Gasteiger partial charge in [0.15, 0.2) is 0 Å². The van der Waals surface area contributed by atoms with Gasteiger partial charge < -0.3 is 9.80 Å². The maximum absolute atomic E-state index is 13.1. The Labute approximate surface area is 197 Å². The van der Waals surface area contributed by atoms with Crippen molar-refractivity contribution >= 4 is 33.5 Å². The molecule has 0 radical (unpaired) electrons. The molecule has 0 spiro atoms. The fourth-order valence-corrected chi connectivity index (χ4v) is 4.19. The third-order valence-corrected chi connectivity index (χ3v) is 6.48.